The van der Waals surface area contributed by atoms with Gasteiger partial charge in [-0.25, -0.2) is 4.39 Å². The molecule has 3 N–H and O–H groups in total. The van der Waals surface area contributed by atoms with Gasteiger partial charge >= 0.3 is 11.8 Å². The smallest absolute Gasteiger partial charge is 0.309 e. The van der Waals surface area contributed by atoms with E-state index in [1.54, 1.807) is 6.07 Å². The lowest BCUT2D eigenvalue weighted by atomic mass is 10.0. The van der Waals surface area contributed by atoms with Crippen LogP contribution in [0.5, 0.6) is 0 Å². The third kappa shape index (κ3) is 4.68. The molecule has 0 aliphatic carbocycles. The largest absolute Gasteiger partial charge is 0.387 e. The summed E-state index contributed by atoms with van der Waals surface area (Å²) < 4.78 is 12.9. The van der Waals surface area contributed by atoms with Crippen molar-refractivity contribution in [2.24, 2.45) is 0 Å². The molecule has 138 valence electrons. The lowest BCUT2D eigenvalue weighted by Crippen LogP contribution is -2.41. The van der Waals surface area contributed by atoms with Crippen LogP contribution in [0.15, 0.2) is 66.7 Å². The van der Waals surface area contributed by atoms with Gasteiger partial charge in [0.25, 0.3) is 0 Å². The molecular weight excluding hydrogens is 347 g/mol. The molecule has 2 amide bonds. The average Bonchev–Trinajstić information content (AvgIpc) is 2.70. The SMILES string of the molecule is O=C(NCc1ccc(F)cc1)C(=O)NC[C@H](O)c1cccc2ccccc12. The normalized spacial score (nSPS) is 11.8. The minimum absolute atomic E-state index is 0.0865. The highest BCUT2D eigenvalue weighted by molar-refractivity contribution is 6.35. The molecule has 0 saturated heterocycles. The average molecular weight is 366 g/mol. The number of hydrogen-bond acceptors (Lipinski definition) is 3. The highest BCUT2D eigenvalue weighted by atomic mass is 19.1. The van der Waals surface area contributed by atoms with Crippen molar-refractivity contribution in [1.82, 2.24) is 10.6 Å². The lowest BCUT2D eigenvalue weighted by molar-refractivity contribution is -0.139. The topological polar surface area (TPSA) is 78.4 Å². The summed E-state index contributed by atoms with van der Waals surface area (Å²) in [6.07, 6.45) is -0.940. The van der Waals surface area contributed by atoms with Crippen LogP contribution in [-0.2, 0) is 16.1 Å². The Labute approximate surface area is 155 Å². The second-order valence-corrected chi connectivity index (χ2v) is 6.10. The van der Waals surface area contributed by atoms with Gasteiger partial charge in [0.2, 0.25) is 0 Å². The van der Waals surface area contributed by atoms with Gasteiger partial charge in [-0.1, -0.05) is 54.6 Å². The maximum absolute atomic E-state index is 12.9. The van der Waals surface area contributed by atoms with Crippen LogP contribution in [0.1, 0.15) is 17.2 Å². The first kappa shape index (κ1) is 18.5. The third-order valence-electron chi connectivity index (χ3n) is 4.21. The van der Waals surface area contributed by atoms with Gasteiger partial charge < -0.3 is 15.7 Å². The molecule has 3 aromatic carbocycles. The van der Waals surface area contributed by atoms with Gasteiger partial charge in [0.1, 0.15) is 5.82 Å². The number of aliphatic hydroxyl groups is 1. The molecule has 3 aromatic rings. The first-order valence-electron chi connectivity index (χ1n) is 8.51. The number of amides is 2. The summed E-state index contributed by atoms with van der Waals surface area (Å²) in [6.45, 7) is 0.0230. The van der Waals surface area contributed by atoms with Gasteiger partial charge in [0, 0.05) is 13.1 Å². The summed E-state index contributed by atoms with van der Waals surface area (Å²) in [4.78, 5) is 23.8. The van der Waals surface area contributed by atoms with Crippen LogP contribution >= 0.6 is 0 Å². The van der Waals surface area contributed by atoms with Crippen LogP contribution in [0.2, 0.25) is 0 Å². The van der Waals surface area contributed by atoms with E-state index < -0.39 is 17.9 Å². The van der Waals surface area contributed by atoms with Crippen molar-refractivity contribution in [3.63, 3.8) is 0 Å². The van der Waals surface area contributed by atoms with Crippen molar-refractivity contribution < 1.29 is 19.1 Å². The highest BCUT2D eigenvalue weighted by Crippen LogP contribution is 2.23. The zero-order valence-electron chi connectivity index (χ0n) is 14.5. The van der Waals surface area contributed by atoms with Crippen molar-refractivity contribution in [3.05, 3.63) is 83.7 Å². The van der Waals surface area contributed by atoms with Crippen LogP contribution in [0.4, 0.5) is 4.39 Å². The van der Waals surface area contributed by atoms with E-state index in [-0.39, 0.29) is 18.9 Å². The van der Waals surface area contributed by atoms with E-state index in [4.69, 9.17) is 0 Å². The molecule has 5 nitrogen and oxygen atoms in total. The van der Waals surface area contributed by atoms with Gasteiger partial charge in [-0.05, 0) is 34.0 Å². The molecule has 0 saturated carbocycles. The van der Waals surface area contributed by atoms with Crippen molar-refractivity contribution in [2.45, 2.75) is 12.6 Å². The number of nitrogens with one attached hydrogen (secondary N) is 2. The molecule has 0 aliphatic rings. The predicted molar refractivity (Wildman–Crippen MR) is 100 cm³/mol. The van der Waals surface area contributed by atoms with Crippen LogP contribution in [0, 0.1) is 5.82 Å². The zero-order chi connectivity index (χ0) is 19.2. The monoisotopic (exact) mass is 366 g/mol. The van der Waals surface area contributed by atoms with E-state index in [0.29, 0.717) is 11.1 Å². The molecule has 0 heterocycles. The van der Waals surface area contributed by atoms with Gasteiger partial charge in [-0.2, -0.15) is 0 Å². The van der Waals surface area contributed by atoms with E-state index in [9.17, 15) is 19.1 Å². The van der Waals surface area contributed by atoms with Crippen molar-refractivity contribution >= 4 is 22.6 Å². The zero-order valence-corrected chi connectivity index (χ0v) is 14.5. The Morgan fingerprint density at radius 3 is 2.33 bits per heavy atom. The lowest BCUT2D eigenvalue weighted by Gasteiger charge is -2.14. The first-order chi connectivity index (χ1) is 13.0. The molecule has 0 bridgehead atoms. The molecule has 0 radical (unpaired) electrons. The predicted octanol–water partition coefficient (Wildman–Crippen LogP) is 2.44. The van der Waals surface area contributed by atoms with Crippen molar-refractivity contribution in [1.29, 1.82) is 0 Å². The number of halogens is 1. The number of rotatable bonds is 5. The number of hydrogen-bond donors (Lipinski definition) is 3. The Hall–Kier alpha value is -3.25. The summed E-state index contributed by atoms with van der Waals surface area (Å²) >= 11 is 0. The molecule has 3 rings (SSSR count). The molecule has 0 fully saturated rings. The van der Waals surface area contributed by atoms with Crippen LogP contribution in [-0.4, -0.2) is 23.5 Å². The van der Waals surface area contributed by atoms with Crippen LogP contribution in [0.3, 0.4) is 0 Å². The van der Waals surface area contributed by atoms with Crippen LogP contribution in [0.25, 0.3) is 10.8 Å². The Kier molecular flexibility index (Phi) is 5.78. The summed E-state index contributed by atoms with van der Waals surface area (Å²) in [6, 6.07) is 18.8. The van der Waals surface area contributed by atoms with E-state index in [0.717, 1.165) is 10.8 Å². The highest BCUT2D eigenvalue weighted by Gasteiger charge is 2.16. The van der Waals surface area contributed by atoms with E-state index in [1.165, 1.54) is 24.3 Å². The molecule has 6 heteroatoms. The Morgan fingerprint density at radius 1 is 0.889 bits per heavy atom. The Morgan fingerprint density at radius 2 is 1.56 bits per heavy atom. The minimum atomic E-state index is -0.940. The van der Waals surface area contributed by atoms with Gasteiger partial charge in [-0.3, -0.25) is 9.59 Å². The molecule has 0 unspecified atom stereocenters. The summed E-state index contributed by atoms with van der Waals surface area (Å²) in [5, 5.41) is 17.2. The van der Waals surface area contributed by atoms with E-state index in [1.807, 2.05) is 36.4 Å². The van der Waals surface area contributed by atoms with Gasteiger partial charge in [-0.15, -0.1) is 0 Å². The first-order valence-corrected chi connectivity index (χ1v) is 8.51. The quantitative estimate of drug-likeness (QED) is 0.607. The fraction of sp³-hybridized carbons (Fsp3) is 0.143. The maximum atomic E-state index is 12.9. The van der Waals surface area contributed by atoms with Gasteiger partial charge in [0.15, 0.2) is 0 Å². The van der Waals surface area contributed by atoms with Crippen molar-refractivity contribution in [2.75, 3.05) is 6.54 Å². The summed E-state index contributed by atoms with van der Waals surface area (Å²) in [7, 11) is 0. The second kappa shape index (κ2) is 8.42. The summed E-state index contributed by atoms with van der Waals surface area (Å²) in [5.74, 6) is -2.02. The molecule has 0 spiro atoms. The number of benzene rings is 3. The fourth-order valence-electron chi connectivity index (χ4n) is 2.79. The molecule has 1 atom stereocenters. The maximum Gasteiger partial charge on any atom is 0.309 e. The van der Waals surface area contributed by atoms with E-state index in [2.05, 4.69) is 10.6 Å². The Balaban J connectivity index is 1.54. The number of fused-ring (bicyclic) bond motifs is 1. The molecule has 27 heavy (non-hydrogen) atoms. The number of carbonyl (C=O) groups excluding carboxylic acids is 2. The number of carbonyl (C=O) groups is 2. The second-order valence-electron chi connectivity index (χ2n) is 6.10. The van der Waals surface area contributed by atoms with Crippen molar-refractivity contribution in [3.8, 4) is 0 Å². The van der Waals surface area contributed by atoms with Gasteiger partial charge in [0.05, 0.1) is 6.10 Å². The fourth-order valence-corrected chi connectivity index (χ4v) is 2.79. The standard InChI is InChI=1S/C21H19FN2O3/c22-16-10-8-14(9-11-16)12-23-20(26)21(27)24-13-19(25)18-7-3-5-15-4-1-2-6-17(15)18/h1-11,19,25H,12-13H2,(H,23,26)(H,24,27)/t19-/m0/s1. The van der Waals surface area contributed by atoms with Crippen LogP contribution < -0.4 is 10.6 Å². The molecule has 0 aromatic heterocycles. The van der Waals surface area contributed by atoms with E-state index >= 15 is 0 Å². The number of aliphatic hydroxyl groups excluding tert-OH is 1. The third-order valence-corrected chi connectivity index (χ3v) is 4.21. The summed E-state index contributed by atoms with van der Waals surface area (Å²) in [5.41, 5.74) is 1.36. The minimum Gasteiger partial charge on any atom is -0.387 e. The molecule has 0 aliphatic heterocycles. The molecular formula is C21H19FN2O3. The Bertz CT molecular complexity index is 952.